The van der Waals surface area contributed by atoms with E-state index < -0.39 is 0 Å². The van der Waals surface area contributed by atoms with Gasteiger partial charge in [0, 0.05) is 31.9 Å². The fourth-order valence-electron chi connectivity index (χ4n) is 3.26. The van der Waals surface area contributed by atoms with Crippen LogP contribution in [0.4, 0.5) is 16.2 Å². The van der Waals surface area contributed by atoms with Crippen molar-refractivity contribution in [3.05, 3.63) is 53.3 Å². The number of piperazine rings is 1. The maximum Gasteiger partial charge on any atom is 0.409 e. The molecule has 1 aromatic carbocycles. The molecule has 0 aliphatic carbocycles. The van der Waals surface area contributed by atoms with Gasteiger partial charge < -0.3 is 19.9 Å². The molecule has 7 heteroatoms. The molecule has 0 saturated carbocycles. The van der Waals surface area contributed by atoms with E-state index in [0.717, 1.165) is 22.5 Å². The Kier molecular flexibility index (Phi) is 6.13. The maximum atomic E-state index is 12.5. The van der Waals surface area contributed by atoms with Crippen molar-refractivity contribution < 1.29 is 14.3 Å². The van der Waals surface area contributed by atoms with Gasteiger partial charge in [0.2, 0.25) is 0 Å². The Hall–Kier alpha value is -3.09. The third kappa shape index (κ3) is 4.42. The predicted octanol–water partition coefficient (Wildman–Crippen LogP) is 3.23. The van der Waals surface area contributed by atoms with Crippen LogP contribution in [0.2, 0.25) is 0 Å². The summed E-state index contributed by atoms with van der Waals surface area (Å²) in [6.45, 7) is 8.74. The van der Waals surface area contributed by atoms with Gasteiger partial charge in [0.1, 0.15) is 5.69 Å². The van der Waals surface area contributed by atoms with Crippen LogP contribution in [0.25, 0.3) is 0 Å². The number of rotatable bonds is 4. The highest BCUT2D eigenvalue weighted by Gasteiger charge is 2.22. The number of pyridine rings is 1. The van der Waals surface area contributed by atoms with Crippen molar-refractivity contribution in [1.82, 2.24) is 9.88 Å². The summed E-state index contributed by atoms with van der Waals surface area (Å²) in [6.07, 6.45) is 1.44. The summed E-state index contributed by atoms with van der Waals surface area (Å²) in [5.41, 5.74) is 4.17. The zero-order valence-corrected chi connectivity index (χ0v) is 16.6. The molecule has 2 heterocycles. The third-order valence-corrected chi connectivity index (χ3v) is 4.87. The van der Waals surface area contributed by atoms with Gasteiger partial charge >= 0.3 is 6.09 Å². The number of carbonyl (C=O) groups excluding carboxylic acids is 2. The topological polar surface area (TPSA) is 74.8 Å². The Morgan fingerprint density at radius 1 is 1.07 bits per heavy atom. The molecule has 2 amide bonds. The number of anilines is 2. The van der Waals surface area contributed by atoms with Gasteiger partial charge in [-0.25, -0.2) is 9.78 Å². The van der Waals surface area contributed by atoms with E-state index in [2.05, 4.69) is 15.2 Å². The molecular weight excluding hydrogens is 356 g/mol. The lowest BCUT2D eigenvalue weighted by molar-refractivity contribution is 0.101. The van der Waals surface area contributed by atoms with Gasteiger partial charge in [-0.3, -0.25) is 4.79 Å². The van der Waals surface area contributed by atoms with E-state index in [9.17, 15) is 9.59 Å². The summed E-state index contributed by atoms with van der Waals surface area (Å²) < 4.78 is 5.04. The van der Waals surface area contributed by atoms with Crippen molar-refractivity contribution in [3.63, 3.8) is 0 Å². The minimum atomic E-state index is -0.265. The molecule has 0 unspecified atom stereocenters. The second-order valence-electron chi connectivity index (χ2n) is 6.80. The van der Waals surface area contributed by atoms with E-state index in [4.69, 9.17) is 4.74 Å². The maximum absolute atomic E-state index is 12.5. The van der Waals surface area contributed by atoms with E-state index in [1.807, 2.05) is 38.1 Å². The molecule has 2 aromatic rings. The number of benzene rings is 1. The zero-order chi connectivity index (χ0) is 20.1. The number of para-hydroxylation sites is 1. The number of aromatic nitrogens is 1. The first kappa shape index (κ1) is 19.7. The Labute approximate surface area is 165 Å². The summed E-state index contributed by atoms with van der Waals surface area (Å²) in [5.74, 6) is -0.226. The average molecular weight is 382 g/mol. The van der Waals surface area contributed by atoms with E-state index in [0.29, 0.717) is 38.5 Å². The number of ether oxygens (including phenoxy) is 1. The highest BCUT2D eigenvalue weighted by Crippen LogP contribution is 2.21. The molecule has 7 nitrogen and oxygen atoms in total. The van der Waals surface area contributed by atoms with E-state index in [-0.39, 0.29) is 12.0 Å². The van der Waals surface area contributed by atoms with Crippen molar-refractivity contribution in [2.45, 2.75) is 20.8 Å². The molecule has 28 heavy (non-hydrogen) atoms. The highest BCUT2D eigenvalue weighted by atomic mass is 16.6. The third-order valence-electron chi connectivity index (χ3n) is 4.87. The smallest absolute Gasteiger partial charge is 0.409 e. The molecular formula is C21H26N4O3. The normalized spacial score (nSPS) is 14.0. The molecule has 3 rings (SSSR count). The van der Waals surface area contributed by atoms with Crippen LogP contribution in [-0.4, -0.2) is 54.7 Å². The summed E-state index contributed by atoms with van der Waals surface area (Å²) in [4.78, 5) is 32.5. The van der Waals surface area contributed by atoms with Crippen LogP contribution in [0.5, 0.6) is 0 Å². The standard InChI is InChI=1S/C21H26N4O3/c1-4-28-21(27)25-12-10-24(11-13-25)17-8-9-18(22-14-17)20(26)23-19-15(2)6-5-7-16(19)3/h5-9,14H,4,10-13H2,1-3H3,(H,23,26). The van der Waals surface area contributed by atoms with E-state index in [1.165, 1.54) is 0 Å². The molecule has 148 valence electrons. The molecule has 0 bridgehead atoms. The summed E-state index contributed by atoms with van der Waals surface area (Å²) in [5, 5.41) is 2.95. The summed E-state index contributed by atoms with van der Waals surface area (Å²) >= 11 is 0. The van der Waals surface area contributed by atoms with Crippen LogP contribution in [0, 0.1) is 13.8 Å². The Balaban J connectivity index is 1.61. The predicted molar refractivity (Wildman–Crippen MR) is 109 cm³/mol. The number of carbonyl (C=O) groups is 2. The SMILES string of the molecule is CCOC(=O)N1CCN(c2ccc(C(=O)Nc3c(C)cccc3C)nc2)CC1. The highest BCUT2D eigenvalue weighted by molar-refractivity contribution is 6.03. The van der Waals surface area contributed by atoms with Crippen molar-refractivity contribution in [1.29, 1.82) is 0 Å². The lowest BCUT2D eigenvalue weighted by Crippen LogP contribution is -2.49. The number of nitrogens with one attached hydrogen (secondary N) is 1. The van der Waals surface area contributed by atoms with Gasteiger partial charge in [-0.1, -0.05) is 18.2 Å². The van der Waals surface area contributed by atoms with Crippen LogP contribution in [0.1, 0.15) is 28.5 Å². The van der Waals surface area contributed by atoms with Gasteiger partial charge in [0.05, 0.1) is 18.5 Å². The van der Waals surface area contributed by atoms with Gasteiger partial charge in [0.25, 0.3) is 5.91 Å². The van der Waals surface area contributed by atoms with Crippen molar-refractivity contribution in [2.75, 3.05) is 43.0 Å². The van der Waals surface area contributed by atoms with Crippen LogP contribution in [0.3, 0.4) is 0 Å². The average Bonchev–Trinajstić information content (AvgIpc) is 2.71. The molecule has 0 radical (unpaired) electrons. The first-order chi connectivity index (χ1) is 13.5. The fourth-order valence-corrected chi connectivity index (χ4v) is 3.26. The van der Waals surface area contributed by atoms with Crippen LogP contribution in [0.15, 0.2) is 36.5 Å². The molecule has 1 N–H and O–H groups in total. The number of amides is 2. The molecule has 1 saturated heterocycles. The number of hydrogen-bond acceptors (Lipinski definition) is 5. The molecule has 1 aliphatic rings. The Morgan fingerprint density at radius 2 is 1.75 bits per heavy atom. The number of nitrogens with zero attached hydrogens (tertiary/aromatic N) is 3. The van der Waals surface area contributed by atoms with E-state index >= 15 is 0 Å². The van der Waals surface area contributed by atoms with Crippen LogP contribution < -0.4 is 10.2 Å². The van der Waals surface area contributed by atoms with Crippen molar-refractivity contribution in [3.8, 4) is 0 Å². The van der Waals surface area contributed by atoms with Crippen LogP contribution in [-0.2, 0) is 4.74 Å². The van der Waals surface area contributed by atoms with Gasteiger partial charge in [0.15, 0.2) is 0 Å². The first-order valence-corrected chi connectivity index (χ1v) is 9.50. The number of hydrogen-bond donors (Lipinski definition) is 1. The van der Waals surface area contributed by atoms with E-state index in [1.54, 1.807) is 24.1 Å². The Morgan fingerprint density at radius 3 is 2.32 bits per heavy atom. The van der Waals surface area contributed by atoms with Crippen molar-refractivity contribution in [2.24, 2.45) is 0 Å². The fraction of sp³-hybridized carbons (Fsp3) is 0.381. The molecule has 0 spiro atoms. The van der Waals surface area contributed by atoms with Gasteiger partial charge in [-0.15, -0.1) is 0 Å². The number of aryl methyl sites for hydroxylation is 2. The summed E-state index contributed by atoms with van der Waals surface area (Å²) in [7, 11) is 0. The largest absolute Gasteiger partial charge is 0.450 e. The molecule has 1 fully saturated rings. The minimum absolute atomic E-state index is 0.226. The van der Waals surface area contributed by atoms with Crippen molar-refractivity contribution >= 4 is 23.4 Å². The molecule has 1 aromatic heterocycles. The second-order valence-corrected chi connectivity index (χ2v) is 6.80. The first-order valence-electron chi connectivity index (χ1n) is 9.50. The molecule has 0 atom stereocenters. The van der Waals surface area contributed by atoms with Gasteiger partial charge in [-0.05, 0) is 44.0 Å². The lowest BCUT2D eigenvalue weighted by atomic mass is 10.1. The minimum Gasteiger partial charge on any atom is -0.450 e. The second kappa shape index (κ2) is 8.73. The zero-order valence-electron chi connectivity index (χ0n) is 16.6. The monoisotopic (exact) mass is 382 g/mol. The quantitative estimate of drug-likeness (QED) is 0.879. The Bertz CT molecular complexity index is 823. The summed E-state index contributed by atoms with van der Waals surface area (Å²) in [6, 6.07) is 9.53. The van der Waals surface area contributed by atoms with Crippen LogP contribution >= 0.6 is 0 Å². The lowest BCUT2D eigenvalue weighted by Gasteiger charge is -2.35. The van der Waals surface area contributed by atoms with Gasteiger partial charge in [-0.2, -0.15) is 0 Å². The molecule has 1 aliphatic heterocycles.